The Hall–Kier alpha value is -1.56. The number of likely N-dealkylation sites (tertiary alicyclic amines) is 1. The molecule has 0 amide bonds. The Labute approximate surface area is 109 Å². The van der Waals surface area contributed by atoms with Crippen LogP contribution in [0.3, 0.4) is 0 Å². The van der Waals surface area contributed by atoms with Crippen LogP contribution in [0.1, 0.15) is 16.8 Å². The van der Waals surface area contributed by atoms with Gasteiger partial charge in [0.25, 0.3) is 0 Å². The Morgan fingerprint density at radius 1 is 1.32 bits per heavy atom. The summed E-state index contributed by atoms with van der Waals surface area (Å²) in [6.07, 6.45) is 0.667. The molecule has 1 fully saturated rings. The van der Waals surface area contributed by atoms with E-state index in [-0.39, 0.29) is 19.0 Å². The van der Waals surface area contributed by atoms with E-state index in [9.17, 15) is 18.0 Å². The Morgan fingerprint density at radius 2 is 1.95 bits per heavy atom. The molecule has 1 aliphatic heterocycles. The quantitative estimate of drug-likeness (QED) is 0.806. The maximum atomic E-state index is 13.4. The van der Waals surface area contributed by atoms with Crippen LogP contribution in [0.25, 0.3) is 0 Å². The molecule has 2 rings (SSSR count). The molecule has 0 unspecified atom stereocenters. The molecule has 104 valence electrons. The van der Waals surface area contributed by atoms with Gasteiger partial charge in [0.15, 0.2) is 6.29 Å². The van der Waals surface area contributed by atoms with Crippen molar-refractivity contribution in [2.75, 3.05) is 31.6 Å². The third-order valence-corrected chi connectivity index (χ3v) is 3.13. The van der Waals surface area contributed by atoms with Crippen LogP contribution < -0.4 is 5.32 Å². The molecule has 0 bridgehead atoms. The minimum Gasteiger partial charge on any atom is -0.380 e. The smallest absolute Gasteiger partial charge is 0.155 e. The standard InChI is InChI=1S/C13H15F3N2O/c14-2-1-3-18-6-10(7-18)17-9-4-12(15)11(8-19)13(16)5-9/h4-5,8,10,17H,1-3,6-7H2. The van der Waals surface area contributed by atoms with Gasteiger partial charge < -0.3 is 5.32 Å². The normalized spacial score (nSPS) is 16.2. The number of carbonyl (C=O) groups excluding carboxylic acids is 1. The molecule has 1 N–H and O–H groups in total. The van der Waals surface area contributed by atoms with Crippen molar-refractivity contribution < 1.29 is 18.0 Å². The number of carbonyl (C=O) groups is 1. The number of halogens is 3. The minimum absolute atomic E-state index is 0.0977. The minimum atomic E-state index is -0.869. The average Bonchev–Trinajstić information content (AvgIpc) is 2.31. The molecule has 1 aromatic rings. The van der Waals surface area contributed by atoms with Crippen molar-refractivity contribution in [2.24, 2.45) is 0 Å². The van der Waals surface area contributed by atoms with E-state index in [0.29, 0.717) is 18.7 Å². The molecule has 0 spiro atoms. The van der Waals surface area contributed by atoms with E-state index in [0.717, 1.165) is 25.2 Å². The van der Waals surface area contributed by atoms with Gasteiger partial charge in [-0.15, -0.1) is 0 Å². The zero-order valence-corrected chi connectivity index (χ0v) is 10.3. The fourth-order valence-electron chi connectivity index (χ4n) is 2.14. The number of nitrogens with zero attached hydrogens (tertiary/aromatic N) is 1. The predicted octanol–water partition coefficient (Wildman–Crippen LogP) is 2.23. The molecule has 0 atom stereocenters. The van der Waals surface area contributed by atoms with E-state index in [2.05, 4.69) is 10.2 Å². The lowest BCUT2D eigenvalue weighted by Crippen LogP contribution is -2.54. The Kier molecular flexibility index (Phi) is 4.42. The Bertz CT molecular complexity index is 438. The first-order valence-electron chi connectivity index (χ1n) is 6.13. The monoisotopic (exact) mass is 272 g/mol. The summed E-state index contributed by atoms with van der Waals surface area (Å²) < 4.78 is 38.7. The highest BCUT2D eigenvalue weighted by molar-refractivity contribution is 5.76. The Balaban J connectivity index is 1.90. The van der Waals surface area contributed by atoms with Gasteiger partial charge in [0.05, 0.1) is 18.3 Å². The third kappa shape index (κ3) is 3.26. The first-order chi connectivity index (χ1) is 9.13. The summed E-state index contributed by atoms with van der Waals surface area (Å²) in [5, 5.41) is 2.99. The summed E-state index contributed by atoms with van der Waals surface area (Å²) in [6, 6.07) is 2.31. The summed E-state index contributed by atoms with van der Waals surface area (Å²) in [5.74, 6) is -1.74. The number of rotatable bonds is 6. The van der Waals surface area contributed by atoms with Crippen LogP contribution in [0.15, 0.2) is 12.1 Å². The molecule has 1 heterocycles. The molecule has 1 aliphatic rings. The van der Waals surface area contributed by atoms with Crippen molar-refractivity contribution in [1.29, 1.82) is 0 Å². The second-order valence-corrected chi connectivity index (χ2v) is 4.61. The summed E-state index contributed by atoms with van der Waals surface area (Å²) in [6.45, 7) is 1.80. The first-order valence-corrected chi connectivity index (χ1v) is 6.13. The van der Waals surface area contributed by atoms with Crippen LogP contribution in [-0.2, 0) is 0 Å². The molecule has 1 saturated heterocycles. The lowest BCUT2D eigenvalue weighted by atomic mass is 10.1. The van der Waals surface area contributed by atoms with Crippen molar-refractivity contribution in [1.82, 2.24) is 4.90 Å². The van der Waals surface area contributed by atoms with Crippen LogP contribution in [-0.4, -0.2) is 43.5 Å². The second-order valence-electron chi connectivity index (χ2n) is 4.61. The SMILES string of the molecule is O=Cc1c(F)cc(NC2CN(CCCF)C2)cc1F. The van der Waals surface area contributed by atoms with E-state index < -0.39 is 17.2 Å². The highest BCUT2D eigenvalue weighted by Crippen LogP contribution is 2.20. The van der Waals surface area contributed by atoms with Crippen LogP contribution in [0.2, 0.25) is 0 Å². The molecule has 3 nitrogen and oxygen atoms in total. The van der Waals surface area contributed by atoms with Gasteiger partial charge in [-0.2, -0.15) is 0 Å². The molecule has 0 aliphatic carbocycles. The third-order valence-electron chi connectivity index (χ3n) is 3.13. The second kappa shape index (κ2) is 6.06. The molecule has 0 aromatic heterocycles. The molecular weight excluding hydrogens is 257 g/mol. The average molecular weight is 272 g/mol. The van der Waals surface area contributed by atoms with E-state index in [1.165, 1.54) is 0 Å². The Morgan fingerprint density at radius 3 is 2.47 bits per heavy atom. The van der Waals surface area contributed by atoms with Crippen LogP contribution in [0, 0.1) is 11.6 Å². The number of aldehydes is 1. The summed E-state index contributed by atoms with van der Waals surface area (Å²) >= 11 is 0. The van der Waals surface area contributed by atoms with Crippen LogP contribution in [0.5, 0.6) is 0 Å². The number of anilines is 1. The number of alkyl halides is 1. The molecule has 0 saturated carbocycles. The van der Waals surface area contributed by atoms with E-state index in [1.807, 2.05) is 0 Å². The van der Waals surface area contributed by atoms with Gasteiger partial charge >= 0.3 is 0 Å². The number of nitrogens with one attached hydrogen (secondary N) is 1. The summed E-state index contributed by atoms with van der Waals surface area (Å²) in [7, 11) is 0. The molecule has 6 heteroatoms. The summed E-state index contributed by atoms with van der Waals surface area (Å²) in [4.78, 5) is 12.5. The predicted molar refractivity (Wildman–Crippen MR) is 66.2 cm³/mol. The maximum absolute atomic E-state index is 13.4. The fraction of sp³-hybridized carbons (Fsp3) is 0.462. The van der Waals surface area contributed by atoms with Crippen molar-refractivity contribution in [3.05, 3.63) is 29.3 Å². The first kappa shape index (κ1) is 13.9. The molecular formula is C13H15F3N2O. The number of hydrogen-bond acceptors (Lipinski definition) is 3. The zero-order chi connectivity index (χ0) is 13.8. The van der Waals surface area contributed by atoms with E-state index in [1.54, 1.807) is 0 Å². The van der Waals surface area contributed by atoms with Crippen LogP contribution in [0.4, 0.5) is 18.9 Å². The van der Waals surface area contributed by atoms with Crippen molar-refractivity contribution in [3.63, 3.8) is 0 Å². The topological polar surface area (TPSA) is 32.3 Å². The molecule has 1 aromatic carbocycles. The van der Waals surface area contributed by atoms with Gasteiger partial charge in [0.2, 0.25) is 0 Å². The highest BCUT2D eigenvalue weighted by atomic mass is 19.1. The fourth-order valence-corrected chi connectivity index (χ4v) is 2.14. The van der Waals surface area contributed by atoms with Gasteiger partial charge in [-0.3, -0.25) is 14.1 Å². The maximum Gasteiger partial charge on any atom is 0.155 e. The largest absolute Gasteiger partial charge is 0.380 e. The van der Waals surface area contributed by atoms with E-state index in [4.69, 9.17) is 0 Å². The lowest BCUT2D eigenvalue weighted by molar-refractivity contribution is 0.111. The molecule has 0 radical (unpaired) electrons. The number of benzene rings is 1. The van der Waals surface area contributed by atoms with Gasteiger partial charge in [-0.05, 0) is 18.6 Å². The van der Waals surface area contributed by atoms with E-state index >= 15 is 0 Å². The van der Waals surface area contributed by atoms with Crippen molar-refractivity contribution in [3.8, 4) is 0 Å². The van der Waals surface area contributed by atoms with Gasteiger partial charge in [-0.1, -0.05) is 0 Å². The summed E-state index contributed by atoms with van der Waals surface area (Å²) in [5.41, 5.74) is -0.237. The lowest BCUT2D eigenvalue weighted by Gasteiger charge is -2.40. The van der Waals surface area contributed by atoms with Gasteiger partial charge in [0, 0.05) is 25.3 Å². The van der Waals surface area contributed by atoms with Gasteiger partial charge in [-0.25, -0.2) is 8.78 Å². The van der Waals surface area contributed by atoms with Crippen LogP contribution >= 0.6 is 0 Å². The molecule has 19 heavy (non-hydrogen) atoms. The zero-order valence-electron chi connectivity index (χ0n) is 10.3. The van der Waals surface area contributed by atoms with Gasteiger partial charge in [0.1, 0.15) is 11.6 Å². The highest BCUT2D eigenvalue weighted by Gasteiger charge is 2.26. The van der Waals surface area contributed by atoms with Crippen molar-refractivity contribution >= 4 is 12.0 Å². The van der Waals surface area contributed by atoms with Crippen molar-refractivity contribution in [2.45, 2.75) is 12.5 Å². The number of hydrogen-bond donors (Lipinski definition) is 1.